The van der Waals surface area contributed by atoms with Gasteiger partial charge in [-0.1, -0.05) is 0 Å². The Morgan fingerprint density at radius 1 is 1.39 bits per heavy atom. The summed E-state index contributed by atoms with van der Waals surface area (Å²) in [5, 5.41) is 11.4. The van der Waals surface area contributed by atoms with Crippen LogP contribution in [0.15, 0.2) is 15.8 Å². The van der Waals surface area contributed by atoms with Crippen molar-refractivity contribution in [3.8, 4) is 0 Å². The minimum absolute atomic E-state index is 0.0349. The summed E-state index contributed by atoms with van der Waals surface area (Å²) in [6.07, 6.45) is 0.443. The summed E-state index contributed by atoms with van der Waals surface area (Å²) >= 11 is 1.13. The van der Waals surface area contributed by atoms with Crippen LogP contribution in [0.1, 0.15) is 26.3 Å². The lowest BCUT2D eigenvalue weighted by atomic mass is 10.2. The van der Waals surface area contributed by atoms with Crippen LogP contribution in [-0.4, -0.2) is 44.5 Å². The SMILES string of the molecule is CC(C)(C)OC(=O)N[C@@H](CSCc1c[nH]c(=O)[nH]c1=O)C(=O)O. The second kappa shape index (κ2) is 7.86. The van der Waals surface area contributed by atoms with Crippen LogP contribution in [0, 0.1) is 0 Å². The maximum atomic E-state index is 11.6. The molecule has 0 aliphatic rings. The van der Waals surface area contributed by atoms with Crippen LogP contribution >= 0.6 is 11.8 Å². The molecule has 0 fully saturated rings. The average molecular weight is 345 g/mol. The molecule has 1 amide bonds. The van der Waals surface area contributed by atoms with Crippen molar-refractivity contribution in [2.45, 2.75) is 38.2 Å². The van der Waals surface area contributed by atoms with E-state index in [1.54, 1.807) is 20.8 Å². The third kappa shape index (κ3) is 7.04. The van der Waals surface area contributed by atoms with Gasteiger partial charge in [0.05, 0.1) is 0 Å². The van der Waals surface area contributed by atoms with Gasteiger partial charge in [-0.05, 0) is 20.8 Å². The molecular weight excluding hydrogens is 326 g/mol. The first-order valence-corrected chi connectivity index (χ1v) is 7.85. The third-order valence-electron chi connectivity index (χ3n) is 2.43. The third-order valence-corrected chi connectivity index (χ3v) is 3.51. The Morgan fingerprint density at radius 2 is 2.04 bits per heavy atom. The Hall–Kier alpha value is -2.23. The van der Waals surface area contributed by atoms with Crippen LogP contribution in [-0.2, 0) is 15.3 Å². The summed E-state index contributed by atoms with van der Waals surface area (Å²) in [6, 6.07) is -1.16. The number of carbonyl (C=O) groups excluding carboxylic acids is 1. The molecule has 0 saturated carbocycles. The summed E-state index contributed by atoms with van der Waals surface area (Å²) in [5.41, 5.74) is -1.58. The van der Waals surface area contributed by atoms with E-state index in [9.17, 15) is 19.2 Å². The summed E-state index contributed by atoms with van der Waals surface area (Å²) in [7, 11) is 0. The van der Waals surface area contributed by atoms with E-state index >= 15 is 0 Å². The molecule has 1 rings (SSSR count). The smallest absolute Gasteiger partial charge is 0.408 e. The molecule has 1 aromatic rings. The number of nitrogens with one attached hydrogen (secondary N) is 3. The van der Waals surface area contributed by atoms with Crippen molar-refractivity contribution >= 4 is 23.8 Å². The van der Waals surface area contributed by atoms with Gasteiger partial charge in [-0.25, -0.2) is 14.4 Å². The standard InChI is InChI=1S/C13H19N3O6S/c1-13(2,3)22-12(21)15-8(10(18)19)6-23-5-7-4-14-11(20)16-9(7)17/h4,8H,5-6H2,1-3H3,(H,15,21)(H,18,19)(H2,14,16,17,20)/t8-/m0/s1. The zero-order valence-electron chi connectivity index (χ0n) is 13.0. The number of rotatable bonds is 6. The van der Waals surface area contributed by atoms with Crippen LogP contribution in [0.4, 0.5) is 4.79 Å². The van der Waals surface area contributed by atoms with Gasteiger partial charge in [0.25, 0.3) is 5.56 Å². The number of H-pyrrole nitrogens is 2. The molecule has 10 heteroatoms. The number of ether oxygens (including phenoxy) is 1. The van der Waals surface area contributed by atoms with E-state index in [-0.39, 0.29) is 11.5 Å². The number of carboxylic acids is 1. The first-order chi connectivity index (χ1) is 10.6. The van der Waals surface area contributed by atoms with Crippen molar-refractivity contribution in [3.63, 3.8) is 0 Å². The summed E-state index contributed by atoms with van der Waals surface area (Å²) in [5.74, 6) is -0.988. The maximum absolute atomic E-state index is 11.6. The fraction of sp³-hybridized carbons (Fsp3) is 0.538. The van der Waals surface area contributed by atoms with Gasteiger partial charge in [0, 0.05) is 23.3 Å². The zero-order chi connectivity index (χ0) is 17.6. The lowest BCUT2D eigenvalue weighted by Gasteiger charge is -2.21. The molecule has 0 unspecified atom stereocenters. The first-order valence-electron chi connectivity index (χ1n) is 6.69. The lowest BCUT2D eigenvalue weighted by Crippen LogP contribution is -2.45. The number of alkyl carbamates (subject to hydrolysis) is 1. The van der Waals surface area contributed by atoms with Crippen LogP contribution in [0.2, 0.25) is 0 Å². The Bertz CT molecular complexity index is 675. The second-order valence-corrected chi connectivity index (χ2v) is 6.68. The molecule has 0 radical (unpaired) electrons. The molecule has 1 atom stereocenters. The molecular formula is C13H19N3O6S. The fourth-order valence-corrected chi connectivity index (χ4v) is 2.47. The summed E-state index contributed by atoms with van der Waals surface area (Å²) in [4.78, 5) is 49.5. The van der Waals surface area contributed by atoms with Gasteiger partial charge in [-0.2, -0.15) is 11.8 Å². The lowest BCUT2D eigenvalue weighted by molar-refractivity contribution is -0.138. The molecule has 23 heavy (non-hydrogen) atoms. The van der Waals surface area contributed by atoms with Crippen LogP contribution < -0.4 is 16.6 Å². The topological polar surface area (TPSA) is 141 Å². The van der Waals surface area contributed by atoms with Gasteiger partial charge in [0.2, 0.25) is 0 Å². The molecule has 0 aliphatic carbocycles. The van der Waals surface area contributed by atoms with E-state index in [2.05, 4.69) is 15.3 Å². The number of thioether (sulfide) groups is 1. The molecule has 1 aromatic heterocycles. The van der Waals surface area contributed by atoms with Gasteiger partial charge in [0.15, 0.2) is 0 Å². The number of amides is 1. The van der Waals surface area contributed by atoms with Gasteiger partial charge in [-0.15, -0.1) is 0 Å². The first kappa shape index (κ1) is 18.8. The minimum Gasteiger partial charge on any atom is -0.480 e. The highest BCUT2D eigenvalue weighted by Gasteiger charge is 2.23. The number of hydrogen-bond donors (Lipinski definition) is 4. The van der Waals surface area contributed by atoms with Crippen molar-refractivity contribution in [3.05, 3.63) is 32.6 Å². The maximum Gasteiger partial charge on any atom is 0.408 e. The fourth-order valence-electron chi connectivity index (χ4n) is 1.46. The highest BCUT2D eigenvalue weighted by Crippen LogP contribution is 2.11. The molecule has 0 spiro atoms. The molecule has 0 aliphatic heterocycles. The Morgan fingerprint density at radius 3 is 2.57 bits per heavy atom. The quantitative estimate of drug-likeness (QED) is 0.580. The molecule has 0 bridgehead atoms. The molecule has 1 heterocycles. The largest absolute Gasteiger partial charge is 0.480 e. The summed E-state index contributed by atoms with van der Waals surface area (Å²) in [6.45, 7) is 5.00. The molecule has 0 saturated heterocycles. The molecule has 4 N–H and O–H groups in total. The Balaban J connectivity index is 2.57. The monoisotopic (exact) mass is 345 g/mol. The van der Waals surface area contributed by atoms with Crippen LogP contribution in [0.3, 0.4) is 0 Å². The van der Waals surface area contributed by atoms with Crippen molar-refractivity contribution in [2.75, 3.05) is 5.75 Å². The average Bonchev–Trinajstić information content (AvgIpc) is 2.37. The number of aromatic nitrogens is 2. The van der Waals surface area contributed by atoms with Gasteiger partial charge >= 0.3 is 17.8 Å². The van der Waals surface area contributed by atoms with E-state index in [4.69, 9.17) is 9.84 Å². The molecule has 9 nitrogen and oxygen atoms in total. The second-order valence-electron chi connectivity index (χ2n) is 5.65. The molecule has 0 aromatic carbocycles. The highest BCUT2D eigenvalue weighted by atomic mass is 32.2. The van der Waals surface area contributed by atoms with Crippen molar-refractivity contribution in [1.82, 2.24) is 15.3 Å². The minimum atomic E-state index is -1.21. The Kier molecular flexibility index (Phi) is 6.43. The van der Waals surface area contributed by atoms with Crippen molar-refractivity contribution < 1.29 is 19.4 Å². The van der Waals surface area contributed by atoms with E-state index in [1.807, 2.05) is 0 Å². The predicted molar refractivity (Wildman–Crippen MR) is 84.6 cm³/mol. The van der Waals surface area contributed by atoms with Crippen LogP contribution in [0.5, 0.6) is 0 Å². The molecule has 128 valence electrons. The van der Waals surface area contributed by atoms with Crippen molar-refractivity contribution in [2.24, 2.45) is 0 Å². The van der Waals surface area contributed by atoms with Gasteiger partial charge in [0.1, 0.15) is 11.6 Å². The van der Waals surface area contributed by atoms with E-state index in [0.717, 1.165) is 11.8 Å². The van der Waals surface area contributed by atoms with Crippen molar-refractivity contribution in [1.29, 1.82) is 0 Å². The van der Waals surface area contributed by atoms with E-state index < -0.39 is 35.0 Å². The predicted octanol–water partition coefficient (Wildman–Crippen LogP) is 0.274. The van der Waals surface area contributed by atoms with Gasteiger partial charge in [-0.3, -0.25) is 9.78 Å². The zero-order valence-corrected chi connectivity index (χ0v) is 13.8. The number of carboxylic acid groups (broad SMARTS) is 1. The number of aliphatic carboxylic acids is 1. The number of hydrogen-bond acceptors (Lipinski definition) is 6. The Labute approximate surface area is 135 Å². The number of aromatic amines is 2. The van der Waals surface area contributed by atoms with E-state index in [1.165, 1.54) is 6.20 Å². The van der Waals surface area contributed by atoms with Gasteiger partial charge < -0.3 is 20.1 Å². The number of carbonyl (C=O) groups is 2. The van der Waals surface area contributed by atoms with Crippen LogP contribution in [0.25, 0.3) is 0 Å². The highest BCUT2D eigenvalue weighted by molar-refractivity contribution is 7.98. The van der Waals surface area contributed by atoms with E-state index in [0.29, 0.717) is 5.56 Å². The summed E-state index contributed by atoms with van der Waals surface area (Å²) < 4.78 is 5.00. The normalized spacial score (nSPS) is 12.5.